The Morgan fingerprint density at radius 3 is 2.72 bits per heavy atom. The molecule has 0 aliphatic carbocycles. The van der Waals surface area contributed by atoms with Crippen LogP contribution in [-0.2, 0) is 11.3 Å². The second kappa shape index (κ2) is 9.04. The smallest absolute Gasteiger partial charge is 0.338 e. The fraction of sp³-hybridized carbons (Fsp3) is 0.400. The van der Waals surface area contributed by atoms with Crippen molar-refractivity contribution in [2.45, 2.75) is 34.3 Å². The number of nitrogens with zero attached hydrogens (tertiary/aromatic N) is 3. The minimum absolute atomic E-state index is 0.0546. The first-order valence-electron chi connectivity index (χ1n) is 9.30. The van der Waals surface area contributed by atoms with Gasteiger partial charge in [-0.15, -0.1) is 0 Å². The number of ether oxygens (including phenoxy) is 3. The second-order valence-corrected chi connectivity index (χ2v) is 7.84. The van der Waals surface area contributed by atoms with E-state index in [0.717, 1.165) is 0 Å². The van der Waals surface area contributed by atoms with Gasteiger partial charge < -0.3 is 14.2 Å². The maximum absolute atomic E-state index is 12.5. The highest BCUT2D eigenvalue weighted by Crippen LogP contribution is 2.29. The highest BCUT2D eigenvalue weighted by atomic mass is 32.1. The van der Waals surface area contributed by atoms with E-state index in [0.29, 0.717) is 51.9 Å². The topological polar surface area (TPSA) is 92.0 Å². The van der Waals surface area contributed by atoms with Gasteiger partial charge in [-0.05, 0) is 38.0 Å². The van der Waals surface area contributed by atoms with E-state index in [1.807, 2.05) is 6.92 Å². The molecule has 8 nitrogen and oxygen atoms in total. The van der Waals surface area contributed by atoms with E-state index >= 15 is 0 Å². The summed E-state index contributed by atoms with van der Waals surface area (Å²) in [7, 11) is 0. The summed E-state index contributed by atoms with van der Waals surface area (Å²) in [5.41, 5.74) is 0.697. The van der Waals surface area contributed by atoms with Crippen molar-refractivity contribution in [2.24, 2.45) is 5.92 Å². The van der Waals surface area contributed by atoms with Crippen LogP contribution in [0.3, 0.4) is 0 Å². The molecule has 0 bridgehead atoms. The zero-order chi connectivity index (χ0) is 21.0. The molecule has 0 atom stereocenters. The molecular weight excluding hydrogens is 394 g/mol. The van der Waals surface area contributed by atoms with Crippen LogP contribution in [-0.4, -0.2) is 33.8 Å². The lowest BCUT2D eigenvalue weighted by atomic mass is 10.2. The summed E-state index contributed by atoms with van der Waals surface area (Å²) in [4.78, 5) is 29.1. The fourth-order valence-corrected chi connectivity index (χ4v) is 3.37. The number of benzene rings is 1. The van der Waals surface area contributed by atoms with Crippen LogP contribution in [0.1, 0.15) is 41.8 Å². The third kappa shape index (κ3) is 5.11. The molecule has 0 aliphatic heterocycles. The third-order valence-corrected chi connectivity index (χ3v) is 4.68. The van der Waals surface area contributed by atoms with Crippen LogP contribution in [0.25, 0.3) is 4.96 Å². The largest absolute Gasteiger partial charge is 0.490 e. The van der Waals surface area contributed by atoms with Crippen LogP contribution in [0.4, 0.5) is 0 Å². The average molecular weight is 417 g/mol. The van der Waals surface area contributed by atoms with Gasteiger partial charge in [0, 0.05) is 11.8 Å². The third-order valence-electron chi connectivity index (χ3n) is 3.79. The molecule has 29 heavy (non-hydrogen) atoms. The highest BCUT2D eigenvalue weighted by Gasteiger charge is 2.15. The first kappa shape index (κ1) is 20.8. The Bertz CT molecular complexity index is 1070. The molecule has 0 radical (unpaired) electrons. The molecule has 2 aromatic heterocycles. The zero-order valence-electron chi connectivity index (χ0n) is 16.8. The van der Waals surface area contributed by atoms with E-state index in [1.165, 1.54) is 21.9 Å². The molecule has 0 saturated carbocycles. The highest BCUT2D eigenvalue weighted by molar-refractivity contribution is 7.16. The van der Waals surface area contributed by atoms with Crippen molar-refractivity contribution < 1.29 is 19.0 Å². The quantitative estimate of drug-likeness (QED) is 0.520. The van der Waals surface area contributed by atoms with Gasteiger partial charge in [0.1, 0.15) is 6.61 Å². The predicted octanol–water partition coefficient (Wildman–Crippen LogP) is 3.25. The summed E-state index contributed by atoms with van der Waals surface area (Å²) >= 11 is 1.20. The minimum atomic E-state index is -0.517. The van der Waals surface area contributed by atoms with Gasteiger partial charge >= 0.3 is 5.97 Å². The van der Waals surface area contributed by atoms with Gasteiger partial charge in [-0.25, -0.2) is 9.78 Å². The number of aryl methyl sites for hydroxylation is 1. The zero-order valence-corrected chi connectivity index (χ0v) is 17.6. The predicted molar refractivity (Wildman–Crippen MR) is 109 cm³/mol. The van der Waals surface area contributed by atoms with Crippen molar-refractivity contribution in [3.05, 3.63) is 50.9 Å². The lowest BCUT2D eigenvalue weighted by Crippen LogP contribution is -2.14. The van der Waals surface area contributed by atoms with E-state index in [9.17, 15) is 9.59 Å². The number of esters is 1. The molecule has 0 fully saturated rings. The number of fused-ring (bicyclic) bond motifs is 1. The Hall–Kier alpha value is -2.94. The molecular formula is C20H23N3O5S. The van der Waals surface area contributed by atoms with E-state index < -0.39 is 5.97 Å². The van der Waals surface area contributed by atoms with E-state index in [1.54, 1.807) is 25.1 Å². The minimum Gasteiger partial charge on any atom is -0.490 e. The molecule has 3 rings (SSSR count). The Labute approximate surface area is 172 Å². The van der Waals surface area contributed by atoms with Gasteiger partial charge in [-0.2, -0.15) is 9.61 Å². The summed E-state index contributed by atoms with van der Waals surface area (Å²) in [6.45, 7) is 8.66. The maximum atomic E-state index is 12.5. The summed E-state index contributed by atoms with van der Waals surface area (Å²) in [5.74, 6) is 0.934. The van der Waals surface area contributed by atoms with Crippen LogP contribution >= 0.6 is 11.3 Å². The summed E-state index contributed by atoms with van der Waals surface area (Å²) < 4.78 is 17.9. The van der Waals surface area contributed by atoms with Crippen LogP contribution in [0.5, 0.6) is 11.5 Å². The Morgan fingerprint density at radius 2 is 2.00 bits per heavy atom. The Kier molecular flexibility index (Phi) is 6.48. The van der Waals surface area contributed by atoms with Gasteiger partial charge in [0.25, 0.3) is 5.56 Å². The molecule has 0 aliphatic rings. The number of carbonyl (C=O) groups excluding carboxylic acids is 1. The Morgan fingerprint density at radius 1 is 1.21 bits per heavy atom. The van der Waals surface area contributed by atoms with Crippen LogP contribution in [0.2, 0.25) is 0 Å². The molecule has 0 saturated heterocycles. The van der Waals surface area contributed by atoms with Crippen molar-refractivity contribution in [1.82, 2.24) is 14.6 Å². The first-order valence-corrected chi connectivity index (χ1v) is 10.1. The Balaban J connectivity index is 1.72. The lowest BCUT2D eigenvalue weighted by Gasteiger charge is -2.14. The van der Waals surface area contributed by atoms with Crippen LogP contribution in [0.15, 0.2) is 29.1 Å². The summed E-state index contributed by atoms with van der Waals surface area (Å²) in [6.07, 6.45) is 0. The summed E-state index contributed by atoms with van der Waals surface area (Å²) in [5, 5.41) is 4.64. The van der Waals surface area contributed by atoms with E-state index in [4.69, 9.17) is 14.2 Å². The van der Waals surface area contributed by atoms with Gasteiger partial charge in [-0.1, -0.05) is 25.2 Å². The summed E-state index contributed by atoms with van der Waals surface area (Å²) in [6, 6.07) is 6.35. The maximum Gasteiger partial charge on any atom is 0.338 e. The van der Waals surface area contributed by atoms with Gasteiger partial charge in [0.2, 0.25) is 4.96 Å². The molecule has 2 heterocycles. The van der Waals surface area contributed by atoms with Crippen molar-refractivity contribution in [3.8, 4) is 11.5 Å². The lowest BCUT2D eigenvalue weighted by molar-refractivity contribution is 0.0471. The van der Waals surface area contributed by atoms with Crippen LogP contribution < -0.4 is 15.0 Å². The molecule has 0 amide bonds. The van der Waals surface area contributed by atoms with Gasteiger partial charge in [0.15, 0.2) is 16.5 Å². The molecule has 9 heteroatoms. The van der Waals surface area contributed by atoms with Gasteiger partial charge in [-0.3, -0.25) is 4.79 Å². The SMILES string of the molecule is CCOc1cc(C(=O)OCc2nn3c(=O)cc(C)nc3s2)ccc1OCC(C)C. The first-order chi connectivity index (χ1) is 13.9. The van der Waals surface area contributed by atoms with Crippen LogP contribution in [0, 0.1) is 12.8 Å². The molecule has 1 aromatic carbocycles. The molecule has 0 N–H and O–H groups in total. The van der Waals surface area contributed by atoms with Crippen molar-refractivity contribution in [1.29, 1.82) is 0 Å². The van der Waals surface area contributed by atoms with Crippen molar-refractivity contribution >= 4 is 22.3 Å². The number of carbonyl (C=O) groups is 1. The van der Waals surface area contributed by atoms with Crippen molar-refractivity contribution in [2.75, 3.05) is 13.2 Å². The molecule has 0 unspecified atom stereocenters. The van der Waals surface area contributed by atoms with E-state index in [-0.39, 0.29) is 12.2 Å². The van der Waals surface area contributed by atoms with Crippen molar-refractivity contribution in [3.63, 3.8) is 0 Å². The molecule has 0 spiro atoms. The normalized spacial score (nSPS) is 11.1. The number of aromatic nitrogens is 3. The standard InChI is InChI=1S/C20H23N3O5S/c1-5-26-16-9-14(6-7-15(16)27-10-12(2)3)19(25)28-11-17-22-23-18(24)8-13(4)21-20(23)29-17/h6-9,12H,5,10-11H2,1-4H3. The monoisotopic (exact) mass is 417 g/mol. The van der Waals surface area contributed by atoms with Gasteiger partial charge in [0.05, 0.1) is 18.8 Å². The number of hydrogen-bond donors (Lipinski definition) is 0. The van der Waals surface area contributed by atoms with E-state index in [2.05, 4.69) is 23.9 Å². The number of rotatable bonds is 8. The average Bonchev–Trinajstić information content (AvgIpc) is 3.08. The number of hydrogen-bond acceptors (Lipinski definition) is 8. The molecule has 154 valence electrons. The fourth-order valence-electron chi connectivity index (χ4n) is 2.51. The molecule has 3 aromatic rings. The second-order valence-electron chi connectivity index (χ2n) is 6.80.